The van der Waals surface area contributed by atoms with Crippen LogP contribution in [-0.4, -0.2) is 18.1 Å². The number of benzene rings is 1. The first-order valence-corrected chi connectivity index (χ1v) is 7.80. The molecule has 0 saturated carbocycles. The van der Waals surface area contributed by atoms with Crippen LogP contribution in [0.5, 0.6) is 0 Å². The Hall–Kier alpha value is -1.79. The van der Waals surface area contributed by atoms with Crippen LogP contribution < -0.4 is 5.73 Å². The van der Waals surface area contributed by atoms with E-state index in [-0.39, 0.29) is 5.76 Å². The zero-order chi connectivity index (χ0) is 15.2. The van der Waals surface area contributed by atoms with Crippen molar-refractivity contribution in [2.45, 2.75) is 11.5 Å². The molecule has 2 aromatic rings. The molecule has 0 saturated heterocycles. The van der Waals surface area contributed by atoms with Crippen molar-refractivity contribution < 1.29 is 13.9 Å². The average molecular weight is 321 g/mol. The number of hydrogen-bond acceptors (Lipinski definition) is 5. The molecule has 0 bridgehead atoms. The smallest absolute Gasteiger partial charge is 0.373 e. The fourth-order valence-electron chi connectivity index (χ4n) is 1.81. The number of methoxy groups -OCH3 is 1. The maximum Gasteiger partial charge on any atom is 0.373 e. The first kappa shape index (κ1) is 15.6. The summed E-state index contributed by atoms with van der Waals surface area (Å²) in [5.41, 5.74) is 7.69. The van der Waals surface area contributed by atoms with E-state index in [0.29, 0.717) is 10.7 Å². The van der Waals surface area contributed by atoms with E-state index < -0.39 is 5.97 Å². The Morgan fingerprint density at radius 1 is 1.29 bits per heavy atom. The van der Waals surface area contributed by atoms with Gasteiger partial charge in [0, 0.05) is 11.3 Å². The maximum atomic E-state index is 11.3. The van der Waals surface area contributed by atoms with Crippen molar-refractivity contribution in [1.82, 2.24) is 0 Å². The molecule has 0 fully saturated rings. The third-order valence-electron chi connectivity index (χ3n) is 2.83. The topological polar surface area (TPSA) is 65.5 Å². The normalized spacial score (nSPS) is 10.3. The van der Waals surface area contributed by atoms with Gasteiger partial charge in [-0.2, -0.15) is 0 Å². The van der Waals surface area contributed by atoms with E-state index in [1.54, 1.807) is 23.9 Å². The van der Waals surface area contributed by atoms with Crippen molar-refractivity contribution in [2.24, 2.45) is 5.73 Å². The van der Waals surface area contributed by atoms with Gasteiger partial charge in [-0.1, -0.05) is 36.5 Å². The molecule has 0 aliphatic heterocycles. The molecule has 0 aliphatic carbocycles. The molecule has 0 atom stereocenters. The Bertz CT molecular complexity index is 652. The lowest BCUT2D eigenvalue weighted by molar-refractivity contribution is 0.0563. The molecule has 110 valence electrons. The molecule has 0 radical (unpaired) electrons. The van der Waals surface area contributed by atoms with E-state index in [1.165, 1.54) is 7.11 Å². The number of nitrogens with two attached hydrogens (primary N) is 1. The molecular formula is C15H15NO3S2. The molecule has 1 aromatic carbocycles. The lowest BCUT2D eigenvalue weighted by Gasteiger charge is -2.07. The Labute approximate surface area is 132 Å². The zero-order valence-electron chi connectivity index (χ0n) is 11.5. The first-order chi connectivity index (χ1) is 10.1. The van der Waals surface area contributed by atoms with Crippen molar-refractivity contribution >= 4 is 34.9 Å². The van der Waals surface area contributed by atoms with Gasteiger partial charge in [-0.25, -0.2) is 4.79 Å². The van der Waals surface area contributed by atoms with Gasteiger partial charge in [0.2, 0.25) is 5.76 Å². The Balaban J connectivity index is 1.94. The number of rotatable bonds is 6. The summed E-state index contributed by atoms with van der Waals surface area (Å²) in [5, 5.41) is 0. The van der Waals surface area contributed by atoms with Crippen molar-refractivity contribution in [3.8, 4) is 0 Å². The molecule has 21 heavy (non-hydrogen) atoms. The van der Waals surface area contributed by atoms with Crippen molar-refractivity contribution in [3.63, 3.8) is 0 Å². The highest BCUT2D eigenvalue weighted by molar-refractivity contribution is 7.97. The summed E-state index contributed by atoms with van der Waals surface area (Å²) in [6, 6.07) is 11.2. The summed E-state index contributed by atoms with van der Waals surface area (Å²) in [5.74, 6) is 1.90. The van der Waals surface area contributed by atoms with Gasteiger partial charge >= 0.3 is 5.97 Å². The molecule has 6 heteroatoms. The highest BCUT2D eigenvalue weighted by Gasteiger charge is 2.11. The number of thiocarbonyl (C=S) groups is 1. The number of carbonyl (C=O) groups excluding carboxylic acids is 1. The van der Waals surface area contributed by atoms with E-state index in [0.717, 1.165) is 22.6 Å². The molecule has 0 spiro atoms. The number of hydrogen-bond donors (Lipinski definition) is 1. The van der Waals surface area contributed by atoms with Gasteiger partial charge in [0.25, 0.3) is 0 Å². The Morgan fingerprint density at radius 2 is 2.05 bits per heavy atom. The summed E-state index contributed by atoms with van der Waals surface area (Å²) in [7, 11) is 1.33. The standard InChI is InChI=1S/C15H15NO3S2/c1-18-15(17)13-7-6-11(19-13)9-21-8-10-4-2-3-5-12(10)14(16)20/h2-7H,8-9H2,1H3,(H2,16,20). The highest BCUT2D eigenvalue weighted by atomic mass is 32.2. The molecule has 1 heterocycles. The van der Waals surface area contributed by atoms with Crippen LogP contribution in [0.2, 0.25) is 0 Å². The lowest BCUT2D eigenvalue weighted by atomic mass is 10.1. The number of thioether (sulfide) groups is 1. The second kappa shape index (κ2) is 7.28. The van der Waals surface area contributed by atoms with Crippen LogP contribution in [-0.2, 0) is 16.2 Å². The number of carbonyl (C=O) groups is 1. The molecular weight excluding hydrogens is 306 g/mol. The molecule has 0 amide bonds. The maximum absolute atomic E-state index is 11.3. The van der Waals surface area contributed by atoms with Crippen LogP contribution >= 0.6 is 24.0 Å². The molecule has 2 rings (SSSR count). The van der Waals surface area contributed by atoms with Gasteiger partial charge in [-0.3, -0.25) is 0 Å². The lowest BCUT2D eigenvalue weighted by Crippen LogP contribution is -2.11. The average Bonchev–Trinajstić information content (AvgIpc) is 2.95. The van der Waals surface area contributed by atoms with Gasteiger partial charge in [0.1, 0.15) is 10.7 Å². The molecule has 2 N–H and O–H groups in total. The van der Waals surface area contributed by atoms with E-state index in [1.807, 2.05) is 24.3 Å². The van der Waals surface area contributed by atoms with Gasteiger partial charge < -0.3 is 14.9 Å². The number of esters is 1. The first-order valence-electron chi connectivity index (χ1n) is 6.24. The van der Waals surface area contributed by atoms with Gasteiger partial charge in [-0.15, -0.1) is 11.8 Å². The van der Waals surface area contributed by atoms with Gasteiger partial charge in [0.05, 0.1) is 12.9 Å². The molecule has 0 unspecified atom stereocenters. The predicted molar refractivity (Wildman–Crippen MR) is 87.4 cm³/mol. The van der Waals surface area contributed by atoms with E-state index in [4.69, 9.17) is 22.4 Å². The molecule has 4 nitrogen and oxygen atoms in total. The van der Waals surface area contributed by atoms with Crippen LogP contribution in [0.1, 0.15) is 27.4 Å². The van der Waals surface area contributed by atoms with Gasteiger partial charge in [0.15, 0.2) is 0 Å². The summed E-state index contributed by atoms with van der Waals surface area (Å²) in [4.78, 5) is 11.7. The highest BCUT2D eigenvalue weighted by Crippen LogP contribution is 2.22. The van der Waals surface area contributed by atoms with Crippen molar-refractivity contribution in [2.75, 3.05) is 7.11 Å². The van der Waals surface area contributed by atoms with Crippen LogP contribution in [0.3, 0.4) is 0 Å². The van der Waals surface area contributed by atoms with E-state index in [9.17, 15) is 4.79 Å². The van der Waals surface area contributed by atoms with Crippen LogP contribution in [0.4, 0.5) is 0 Å². The summed E-state index contributed by atoms with van der Waals surface area (Å²) >= 11 is 6.70. The fourth-order valence-corrected chi connectivity index (χ4v) is 2.94. The number of ether oxygens (including phenoxy) is 1. The van der Waals surface area contributed by atoms with Crippen LogP contribution in [0, 0.1) is 0 Å². The minimum atomic E-state index is -0.468. The fraction of sp³-hybridized carbons (Fsp3) is 0.200. The quantitative estimate of drug-likeness (QED) is 0.651. The summed E-state index contributed by atoms with van der Waals surface area (Å²) in [6.45, 7) is 0. The van der Waals surface area contributed by atoms with Crippen molar-refractivity contribution in [1.29, 1.82) is 0 Å². The largest absolute Gasteiger partial charge is 0.463 e. The minimum absolute atomic E-state index is 0.219. The SMILES string of the molecule is COC(=O)c1ccc(CSCc2ccccc2C(N)=S)o1. The van der Waals surface area contributed by atoms with Crippen molar-refractivity contribution in [3.05, 3.63) is 59.0 Å². The van der Waals surface area contributed by atoms with E-state index >= 15 is 0 Å². The van der Waals surface area contributed by atoms with Crippen LogP contribution in [0.25, 0.3) is 0 Å². The third kappa shape index (κ3) is 4.09. The third-order valence-corrected chi connectivity index (χ3v) is 4.06. The van der Waals surface area contributed by atoms with E-state index in [2.05, 4.69) is 4.74 Å². The van der Waals surface area contributed by atoms with Crippen LogP contribution in [0.15, 0.2) is 40.8 Å². The second-order valence-electron chi connectivity index (χ2n) is 4.27. The van der Waals surface area contributed by atoms with Gasteiger partial charge in [-0.05, 0) is 17.7 Å². The monoisotopic (exact) mass is 321 g/mol. The summed E-state index contributed by atoms with van der Waals surface area (Å²) < 4.78 is 10.0. The second-order valence-corrected chi connectivity index (χ2v) is 5.70. The minimum Gasteiger partial charge on any atom is -0.463 e. The number of furan rings is 1. The molecule has 0 aliphatic rings. The zero-order valence-corrected chi connectivity index (χ0v) is 13.1. The Kier molecular flexibility index (Phi) is 5.41. The Morgan fingerprint density at radius 3 is 2.76 bits per heavy atom. The molecule has 1 aromatic heterocycles. The summed E-state index contributed by atoms with van der Waals surface area (Å²) in [6.07, 6.45) is 0. The predicted octanol–water partition coefficient (Wildman–Crippen LogP) is 3.13.